The van der Waals surface area contributed by atoms with Crippen LogP contribution >= 0.6 is 0 Å². The van der Waals surface area contributed by atoms with Crippen LogP contribution in [0, 0.1) is 0 Å². The molecular weight excluding hydrogens is 210 g/mol. The van der Waals surface area contributed by atoms with E-state index in [1.165, 1.54) is 11.8 Å². The summed E-state index contributed by atoms with van der Waals surface area (Å²) in [6.07, 6.45) is 9.21. The van der Waals surface area contributed by atoms with Gasteiger partial charge in [-0.05, 0) is 42.7 Å². The minimum absolute atomic E-state index is 0.313. The molecule has 1 aromatic rings. The normalized spacial score (nSPS) is 10.6. The average molecular weight is 229 g/mol. The Morgan fingerprint density at radius 1 is 1.06 bits per heavy atom. The molecule has 0 unspecified atom stereocenters. The van der Waals surface area contributed by atoms with Crippen LogP contribution in [0.4, 0.5) is 0 Å². The number of allylic oxidation sites excluding steroid dienone is 3. The van der Waals surface area contributed by atoms with E-state index in [9.17, 15) is 5.11 Å². The second-order valence-corrected chi connectivity index (χ2v) is 3.82. The third-order valence-electron chi connectivity index (χ3n) is 2.67. The van der Waals surface area contributed by atoms with Gasteiger partial charge in [-0.15, -0.1) is 13.2 Å². The van der Waals surface area contributed by atoms with E-state index >= 15 is 0 Å². The first-order valence-corrected chi connectivity index (χ1v) is 5.65. The first kappa shape index (κ1) is 13.1. The standard InChI is InChI=1S/C15H19NO/c1-3-6-12-9-10-15(17)14(8-5-11-16)13(12)7-4-2/h3-5,9-11,17H,1-2,6-8,16H2. The summed E-state index contributed by atoms with van der Waals surface area (Å²) in [6, 6.07) is 3.66. The van der Waals surface area contributed by atoms with Crippen molar-refractivity contribution in [2.24, 2.45) is 5.73 Å². The molecule has 0 atom stereocenters. The highest BCUT2D eigenvalue weighted by atomic mass is 16.3. The molecule has 2 heteroatoms. The molecule has 0 bridgehead atoms. The van der Waals surface area contributed by atoms with Crippen molar-refractivity contribution in [1.82, 2.24) is 0 Å². The molecule has 0 amide bonds. The molecule has 0 saturated heterocycles. The lowest BCUT2D eigenvalue weighted by Crippen LogP contribution is -1.99. The van der Waals surface area contributed by atoms with E-state index in [-0.39, 0.29) is 0 Å². The van der Waals surface area contributed by atoms with Crippen LogP contribution in [-0.2, 0) is 19.3 Å². The lowest BCUT2D eigenvalue weighted by molar-refractivity contribution is 0.468. The summed E-state index contributed by atoms with van der Waals surface area (Å²) in [6.45, 7) is 7.51. The van der Waals surface area contributed by atoms with Gasteiger partial charge < -0.3 is 10.8 Å². The maximum atomic E-state index is 9.90. The maximum Gasteiger partial charge on any atom is 0.119 e. The molecule has 1 rings (SSSR count). The molecule has 0 radical (unpaired) electrons. The number of aromatic hydroxyl groups is 1. The Bertz CT molecular complexity index is 433. The molecule has 1 aromatic carbocycles. The average Bonchev–Trinajstić information content (AvgIpc) is 2.32. The fraction of sp³-hybridized carbons (Fsp3) is 0.200. The van der Waals surface area contributed by atoms with Crippen molar-refractivity contribution < 1.29 is 5.11 Å². The zero-order valence-electron chi connectivity index (χ0n) is 10.0. The first-order chi connectivity index (χ1) is 8.24. The molecule has 0 aliphatic carbocycles. The molecule has 0 spiro atoms. The number of hydrogen-bond acceptors (Lipinski definition) is 2. The number of benzene rings is 1. The molecule has 0 aliphatic rings. The highest BCUT2D eigenvalue weighted by Crippen LogP contribution is 2.27. The Morgan fingerprint density at radius 3 is 2.35 bits per heavy atom. The molecule has 2 nitrogen and oxygen atoms in total. The molecule has 17 heavy (non-hydrogen) atoms. The lowest BCUT2D eigenvalue weighted by atomic mass is 9.93. The van der Waals surface area contributed by atoms with Crippen molar-refractivity contribution in [3.63, 3.8) is 0 Å². The predicted octanol–water partition coefficient (Wildman–Crippen LogP) is 2.86. The summed E-state index contributed by atoms with van der Waals surface area (Å²) in [5.41, 5.74) is 8.57. The van der Waals surface area contributed by atoms with Crippen LogP contribution in [0.2, 0.25) is 0 Å². The van der Waals surface area contributed by atoms with Gasteiger partial charge in [0.2, 0.25) is 0 Å². The number of nitrogens with two attached hydrogens (primary N) is 1. The van der Waals surface area contributed by atoms with Crippen molar-refractivity contribution in [3.05, 3.63) is 66.4 Å². The fourth-order valence-corrected chi connectivity index (χ4v) is 1.89. The molecule has 0 heterocycles. The molecule has 90 valence electrons. The van der Waals surface area contributed by atoms with Crippen molar-refractivity contribution >= 4 is 0 Å². The summed E-state index contributed by atoms with van der Waals surface area (Å²) in [5.74, 6) is 0.313. The van der Waals surface area contributed by atoms with Crippen LogP contribution in [0.25, 0.3) is 0 Å². The van der Waals surface area contributed by atoms with Gasteiger partial charge in [0, 0.05) is 5.56 Å². The van der Waals surface area contributed by atoms with Gasteiger partial charge in [0.1, 0.15) is 5.75 Å². The van der Waals surface area contributed by atoms with E-state index in [1.807, 2.05) is 24.3 Å². The number of phenols is 1. The first-order valence-electron chi connectivity index (χ1n) is 5.65. The Morgan fingerprint density at radius 2 is 1.76 bits per heavy atom. The zero-order chi connectivity index (χ0) is 12.7. The maximum absolute atomic E-state index is 9.90. The second-order valence-electron chi connectivity index (χ2n) is 3.82. The molecule has 0 saturated carbocycles. The number of rotatable bonds is 6. The number of hydrogen-bond donors (Lipinski definition) is 2. The van der Waals surface area contributed by atoms with E-state index in [4.69, 9.17) is 5.73 Å². The van der Waals surface area contributed by atoms with Crippen LogP contribution in [0.1, 0.15) is 16.7 Å². The summed E-state index contributed by atoms with van der Waals surface area (Å²) in [7, 11) is 0. The van der Waals surface area contributed by atoms with E-state index in [2.05, 4.69) is 13.2 Å². The van der Waals surface area contributed by atoms with Crippen molar-refractivity contribution in [3.8, 4) is 5.75 Å². The summed E-state index contributed by atoms with van der Waals surface area (Å²) in [4.78, 5) is 0. The Kier molecular flexibility index (Phi) is 5.08. The van der Waals surface area contributed by atoms with Crippen molar-refractivity contribution in [2.75, 3.05) is 0 Å². The van der Waals surface area contributed by atoms with Gasteiger partial charge in [-0.25, -0.2) is 0 Å². The molecular formula is C15H19NO. The van der Waals surface area contributed by atoms with Gasteiger partial charge in [-0.3, -0.25) is 0 Å². The van der Waals surface area contributed by atoms with Crippen molar-refractivity contribution in [1.29, 1.82) is 0 Å². The minimum Gasteiger partial charge on any atom is -0.508 e. The van der Waals surface area contributed by atoms with E-state index in [0.29, 0.717) is 12.2 Å². The van der Waals surface area contributed by atoms with Crippen molar-refractivity contribution in [2.45, 2.75) is 19.3 Å². The van der Waals surface area contributed by atoms with Crippen LogP contribution in [0.15, 0.2) is 49.7 Å². The highest BCUT2D eigenvalue weighted by Gasteiger charge is 2.10. The highest BCUT2D eigenvalue weighted by molar-refractivity contribution is 5.47. The minimum atomic E-state index is 0.313. The van der Waals surface area contributed by atoms with Gasteiger partial charge in [-0.2, -0.15) is 0 Å². The number of phenolic OH excluding ortho intramolecular Hbond substituents is 1. The van der Waals surface area contributed by atoms with E-state index in [0.717, 1.165) is 24.0 Å². The Balaban J connectivity index is 3.25. The molecule has 3 N–H and O–H groups in total. The van der Waals surface area contributed by atoms with Crippen LogP contribution in [-0.4, -0.2) is 5.11 Å². The smallest absolute Gasteiger partial charge is 0.119 e. The zero-order valence-corrected chi connectivity index (χ0v) is 10.0. The van der Waals surface area contributed by atoms with E-state index in [1.54, 1.807) is 6.07 Å². The summed E-state index contributed by atoms with van der Waals surface area (Å²) < 4.78 is 0. The topological polar surface area (TPSA) is 46.2 Å². The monoisotopic (exact) mass is 229 g/mol. The van der Waals surface area contributed by atoms with Crippen LogP contribution in [0.3, 0.4) is 0 Å². The quantitative estimate of drug-likeness (QED) is 0.737. The summed E-state index contributed by atoms with van der Waals surface area (Å²) >= 11 is 0. The second kappa shape index (κ2) is 6.59. The van der Waals surface area contributed by atoms with Crippen LogP contribution in [0.5, 0.6) is 5.75 Å². The SMILES string of the molecule is C=CCc1ccc(O)c(CC=CN)c1CC=C. The van der Waals surface area contributed by atoms with Crippen LogP contribution < -0.4 is 5.73 Å². The largest absolute Gasteiger partial charge is 0.508 e. The lowest BCUT2D eigenvalue weighted by Gasteiger charge is -2.13. The summed E-state index contributed by atoms with van der Waals surface area (Å²) in [5, 5.41) is 9.90. The fourth-order valence-electron chi connectivity index (χ4n) is 1.89. The van der Waals surface area contributed by atoms with Gasteiger partial charge in [0.15, 0.2) is 0 Å². The van der Waals surface area contributed by atoms with Gasteiger partial charge in [0.05, 0.1) is 0 Å². The third kappa shape index (κ3) is 3.25. The molecule has 0 fully saturated rings. The molecule has 0 aromatic heterocycles. The van der Waals surface area contributed by atoms with Gasteiger partial charge in [0.25, 0.3) is 0 Å². The Labute approximate surface area is 103 Å². The van der Waals surface area contributed by atoms with Gasteiger partial charge in [-0.1, -0.05) is 24.3 Å². The predicted molar refractivity (Wildman–Crippen MR) is 72.9 cm³/mol. The molecule has 0 aliphatic heterocycles. The van der Waals surface area contributed by atoms with E-state index < -0.39 is 0 Å². The van der Waals surface area contributed by atoms with Gasteiger partial charge >= 0.3 is 0 Å². The third-order valence-corrected chi connectivity index (χ3v) is 2.67. The Hall–Kier alpha value is -1.96.